The van der Waals surface area contributed by atoms with E-state index in [0.29, 0.717) is 17.4 Å². The molecule has 0 saturated heterocycles. The van der Waals surface area contributed by atoms with Crippen LogP contribution < -0.4 is 4.74 Å². The van der Waals surface area contributed by atoms with Gasteiger partial charge in [0.05, 0.1) is 25.2 Å². The second kappa shape index (κ2) is 7.85. The maximum Gasteiger partial charge on any atom is 0.238 e. The van der Waals surface area contributed by atoms with E-state index in [2.05, 4.69) is 16.9 Å². The van der Waals surface area contributed by atoms with Crippen LogP contribution in [0.5, 0.6) is 5.88 Å². The summed E-state index contributed by atoms with van der Waals surface area (Å²) in [6.07, 6.45) is 5.58. The van der Waals surface area contributed by atoms with Crippen molar-refractivity contribution >= 4 is 0 Å². The molecule has 1 aliphatic heterocycles. The molecule has 0 fully saturated rings. The lowest BCUT2D eigenvalue weighted by Gasteiger charge is -2.28. The van der Waals surface area contributed by atoms with Gasteiger partial charge in [0.2, 0.25) is 5.88 Å². The lowest BCUT2D eigenvalue weighted by atomic mass is 9.86. The summed E-state index contributed by atoms with van der Waals surface area (Å²) in [6, 6.07) is 9.04. The van der Waals surface area contributed by atoms with E-state index in [9.17, 15) is 4.39 Å². The molecule has 0 aliphatic carbocycles. The molecule has 0 saturated carbocycles. The normalized spacial score (nSPS) is 17.9. The number of methoxy groups -OCH3 is 1. The highest BCUT2D eigenvalue weighted by Crippen LogP contribution is 2.39. The van der Waals surface area contributed by atoms with Crippen LogP contribution in [0.15, 0.2) is 42.9 Å². The molecule has 5 rings (SSSR count). The van der Waals surface area contributed by atoms with Crippen LogP contribution in [0.3, 0.4) is 0 Å². The molecule has 7 nitrogen and oxygen atoms in total. The molecule has 0 radical (unpaired) electrons. The molecule has 4 heterocycles. The fourth-order valence-electron chi connectivity index (χ4n) is 4.45. The molecule has 0 bridgehead atoms. The van der Waals surface area contributed by atoms with Crippen molar-refractivity contribution in [1.29, 1.82) is 0 Å². The number of fused-ring (bicyclic) bond motifs is 1. The number of benzene rings is 1. The van der Waals surface area contributed by atoms with Gasteiger partial charge < -0.3 is 9.30 Å². The largest absolute Gasteiger partial charge is 0.479 e. The number of aryl methyl sites for hydroxylation is 2. The number of hydrogen-bond donors (Lipinski definition) is 0. The molecule has 1 aliphatic rings. The highest BCUT2D eigenvalue weighted by atomic mass is 19.1. The SMILES string of the molecule is COc1nc(-c2nc3n(n2)C(C)CCC3c2ccc(F)cc2C)ccc1-n1cnc(C)c1. The number of halogens is 1. The molecule has 0 amide bonds. The van der Waals surface area contributed by atoms with Crippen LogP contribution in [-0.2, 0) is 0 Å². The number of aromatic nitrogens is 6. The molecular formula is C24H25FN6O. The zero-order valence-electron chi connectivity index (χ0n) is 18.6. The summed E-state index contributed by atoms with van der Waals surface area (Å²) in [7, 11) is 1.60. The number of pyridine rings is 1. The minimum absolute atomic E-state index is 0.0724. The fraction of sp³-hybridized carbons (Fsp3) is 0.333. The van der Waals surface area contributed by atoms with Crippen molar-refractivity contribution in [3.63, 3.8) is 0 Å². The van der Waals surface area contributed by atoms with E-state index in [4.69, 9.17) is 14.8 Å². The average Bonchev–Trinajstić information content (AvgIpc) is 3.41. The third-order valence-electron chi connectivity index (χ3n) is 6.12. The minimum atomic E-state index is -0.220. The predicted octanol–water partition coefficient (Wildman–Crippen LogP) is 4.78. The van der Waals surface area contributed by atoms with Gasteiger partial charge in [0.15, 0.2) is 5.82 Å². The number of imidazole rings is 1. The first kappa shape index (κ1) is 20.4. The van der Waals surface area contributed by atoms with Gasteiger partial charge in [0.1, 0.15) is 23.0 Å². The van der Waals surface area contributed by atoms with Crippen LogP contribution in [0.2, 0.25) is 0 Å². The van der Waals surface area contributed by atoms with Gasteiger partial charge in [-0.25, -0.2) is 24.0 Å². The van der Waals surface area contributed by atoms with Crippen LogP contribution in [0.4, 0.5) is 4.39 Å². The number of nitrogens with zero attached hydrogens (tertiary/aromatic N) is 6. The van der Waals surface area contributed by atoms with Gasteiger partial charge in [0.25, 0.3) is 0 Å². The number of hydrogen-bond acceptors (Lipinski definition) is 5. The Morgan fingerprint density at radius 2 is 1.94 bits per heavy atom. The van der Waals surface area contributed by atoms with Gasteiger partial charge in [-0.2, -0.15) is 0 Å². The second-order valence-corrected chi connectivity index (χ2v) is 8.37. The van der Waals surface area contributed by atoms with Crippen molar-refractivity contribution in [3.8, 4) is 23.1 Å². The molecule has 0 N–H and O–H groups in total. The van der Waals surface area contributed by atoms with E-state index < -0.39 is 0 Å². The Hall–Kier alpha value is -3.55. The van der Waals surface area contributed by atoms with Crippen LogP contribution in [0.25, 0.3) is 17.2 Å². The predicted molar refractivity (Wildman–Crippen MR) is 119 cm³/mol. The van der Waals surface area contributed by atoms with Crippen molar-refractivity contribution in [1.82, 2.24) is 29.3 Å². The first-order valence-electron chi connectivity index (χ1n) is 10.7. The Morgan fingerprint density at radius 1 is 1.09 bits per heavy atom. The van der Waals surface area contributed by atoms with Gasteiger partial charge in [0, 0.05) is 12.1 Å². The van der Waals surface area contributed by atoms with Crippen LogP contribution in [0.1, 0.15) is 54.4 Å². The van der Waals surface area contributed by atoms with Gasteiger partial charge in [-0.1, -0.05) is 6.07 Å². The van der Waals surface area contributed by atoms with Crippen molar-refractivity contribution in [3.05, 3.63) is 71.3 Å². The van der Waals surface area contributed by atoms with Gasteiger partial charge in [-0.15, -0.1) is 5.10 Å². The zero-order chi connectivity index (χ0) is 22.4. The Bertz CT molecular complexity index is 1290. The van der Waals surface area contributed by atoms with Crippen molar-refractivity contribution < 1.29 is 9.13 Å². The monoisotopic (exact) mass is 432 g/mol. The highest BCUT2D eigenvalue weighted by Gasteiger charge is 2.31. The first-order valence-corrected chi connectivity index (χ1v) is 10.7. The van der Waals surface area contributed by atoms with E-state index in [1.807, 2.05) is 47.5 Å². The molecule has 8 heteroatoms. The summed E-state index contributed by atoms with van der Waals surface area (Å²) >= 11 is 0. The Labute approximate surface area is 185 Å². The lowest BCUT2D eigenvalue weighted by Crippen LogP contribution is -2.22. The summed E-state index contributed by atoms with van der Waals surface area (Å²) in [5, 5.41) is 4.80. The summed E-state index contributed by atoms with van der Waals surface area (Å²) in [6.45, 7) is 6.03. The summed E-state index contributed by atoms with van der Waals surface area (Å²) in [4.78, 5) is 13.9. The average molecular weight is 433 g/mol. The smallest absolute Gasteiger partial charge is 0.238 e. The van der Waals surface area contributed by atoms with E-state index in [1.165, 1.54) is 6.07 Å². The third kappa shape index (κ3) is 3.45. The molecule has 0 spiro atoms. The lowest BCUT2D eigenvalue weighted by molar-refractivity contribution is 0.365. The van der Waals surface area contributed by atoms with Crippen molar-refractivity contribution in [2.24, 2.45) is 0 Å². The van der Waals surface area contributed by atoms with Gasteiger partial charge in [-0.05, 0) is 69.0 Å². The quantitative estimate of drug-likeness (QED) is 0.464. The summed E-state index contributed by atoms with van der Waals surface area (Å²) < 4.78 is 23.1. The van der Waals surface area contributed by atoms with Crippen LogP contribution >= 0.6 is 0 Å². The number of ether oxygens (including phenoxy) is 1. The van der Waals surface area contributed by atoms with Gasteiger partial charge >= 0.3 is 0 Å². The summed E-state index contributed by atoms with van der Waals surface area (Å²) in [5.41, 5.74) is 4.38. The van der Waals surface area contributed by atoms with E-state index >= 15 is 0 Å². The van der Waals surface area contributed by atoms with E-state index in [-0.39, 0.29) is 17.8 Å². The third-order valence-corrected chi connectivity index (χ3v) is 6.12. The molecule has 3 aromatic heterocycles. The minimum Gasteiger partial charge on any atom is -0.479 e. The maximum absolute atomic E-state index is 13.7. The Morgan fingerprint density at radius 3 is 2.66 bits per heavy atom. The fourth-order valence-corrected chi connectivity index (χ4v) is 4.45. The molecule has 164 valence electrons. The first-order chi connectivity index (χ1) is 15.4. The zero-order valence-corrected chi connectivity index (χ0v) is 18.6. The molecule has 1 aromatic carbocycles. The van der Waals surface area contributed by atoms with Crippen LogP contribution in [0, 0.1) is 19.7 Å². The Kier molecular flexibility index (Phi) is 5.00. The molecule has 32 heavy (non-hydrogen) atoms. The number of rotatable bonds is 4. The molecule has 2 unspecified atom stereocenters. The Balaban J connectivity index is 1.56. The van der Waals surface area contributed by atoms with E-state index in [1.54, 1.807) is 19.5 Å². The molecular weight excluding hydrogens is 407 g/mol. The molecule has 2 atom stereocenters. The van der Waals surface area contributed by atoms with Gasteiger partial charge in [-0.3, -0.25) is 0 Å². The standard InChI is InChI=1S/C24H25FN6O/c1-14-11-17(25)6-8-18(14)19-7-5-16(3)31-23(19)28-22(29-31)20-9-10-21(24(27-20)32-4)30-12-15(2)26-13-30/h6,8-13,16,19H,5,7H2,1-4H3. The summed E-state index contributed by atoms with van der Waals surface area (Å²) in [5.74, 6) is 1.78. The highest BCUT2D eigenvalue weighted by molar-refractivity contribution is 5.55. The maximum atomic E-state index is 13.7. The van der Waals surface area contributed by atoms with Crippen LogP contribution in [-0.4, -0.2) is 36.4 Å². The van der Waals surface area contributed by atoms with Crippen molar-refractivity contribution in [2.75, 3.05) is 7.11 Å². The second-order valence-electron chi connectivity index (χ2n) is 8.37. The topological polar surface area (TPSA) is 70.7 Å². The van der Waals surface area contributed by atoms with E-state index in [0.717, 1.165) is 41.2 Å². The molecule has 4 aromatic rings. The van der Waals surface area contributed by atoms with Crippen molar-refractivity contribution in [2.45, 2.75) is 45.6 Å².